The van der Waals surface area contributed by atoms with Crippen LogP contribution >= 0.6 is 11.6 Å². The second-order valence-electron chi connectivity index (χ2n) is 7.20. The van der Waals surface area contributed by atoms with Crippen LogP contribution in [0.25, 0.3) is 0 Å². The number of hydrogen-bond acceptors (Lipinski definition) is 4. The molecule has 2 saturated carbocycles. The molecule has 2 heterocycles. The van der Waals surface area contributed by atoms with Gasteiger partial charge in [-0.3, -0.25) is 4.79 Å². The third-order valence-corrected chi connectivity index (χ3v) is 6.15. The molecule has 0 saturated heterocycles. The number of hydrogen-bond donors (Lipinski definition) is 0. The highest BCUT2D eigenvalue weighted by atomic mass is 35.5. The van der Waals surface area contributed by atoms with Crippen LogP contribution in [0.15, 0.2) is 6.20 Å². The molecule has 3 aliphatic rings. The van der Waals surface area contributed by atoms with Crippen molar-refractivity contribution in [1.82, 2.24) is 9.97 Å². The SMILES string of the molecule is CC1C(=O)C2(CCC2)CN(C2CCCC2)c2nc(Cl)ncc21. The monoisotopic (exact) mass is 319 g/mol. The fourth-order valence-corrected chi connectivity index (χ4v) is 4.63. The molecule has 0 N–H and O–H groups in total. The van der Waals surface area contributed by atoms with E-state index in [9.17, 15) is 4.79 Å². The van der Waals surface area contributed by atoms with Crippen LogP contribution in [0.3, 0.4) is 0 Å². The minimum atomic E-state index is -0.158. The lowest BCUT2D eigenvalue weighted by atomic mass is 9.63. The molecule has 1 spiro atoms. The second-order valence-corrected chi connectivity index (χ2v) is 7.54. The van der Waals surface area contributed by atoms with Gasteiger partial charge in [0.25, 0.3) is 0 Å². The number of anilines is 1. The number of halogens is 1. The second kappa shape index (κ2) is 5.19. The van der Waals surface area contributed by atoms with Crippen molar-refractivity contribution in [3.8, 4) is 0 Å². The first-order valence-corrected chi connectivity index (χ1v) is 8.82. The van der Waals surface area contributed by atoms with Crippen LogP contribution in [-0.4, -0.2) is 28.3 Å². The number of ketones is 1. The van der Waals surface area contributed by atoms with Gasteiger partial charge in [-0.15, -0.1) is 0 Å². The quantitative estimate of drug-likeness (QED) is 0.740. The first-order valence-electron chi connectivity index (χ1n) is 8.44. The smallest absolute Gasteiger partial charge is 0.224 e. The Morgan fingerprint density at radius 3 is 2.64 bits per heavy atom. The fourth-order valence-electron chi connectivity index (χ4n) is 4.50. The molecular formula is C17H22ClN3O. The normalized spacial score (nSPS) is 27.6. The number of carbonyl (C=O) groups excluding carboxylic acids is 1. The van der Waals surface area contributed by atoms with Gasteiger partial charge in [0.2, 0.25) is 5.28 Å². The summed E-state index contributed by atoms with van der Waals surface area (Å²) in [7, 11) is 0. The van der Waals surface area contributed by atoms with E-state index in [1.807, 2.05) is 6.92 Å². The zero-order valence-corrected chi connectivity index (χ0v) is 13.8. The van der Waals surface area contributed by atoms with Gasteiger partial charge in [0.05, 0.1) is 0 Å². The Balaban J connectivity index is 1.83. The molecule has 118 valence electrons. The van der Waals surface area contributed by atoms with Crippen molar-refractivity contribution in [2.24, 2.45) is 5.41 Å². The number of rotatable bonds is 1. The van der Waals surface area contributed by atoms with E-state index < -0.39 is 0 Å². The van der Waals surface area contributed by atoms with E-state index in [-0.39, 0.29) is 16.6 Å². The van der Waals surface area contributed by atoms with E-state index in [0.717, 1.165) is 30.8 Å². The molecule has 0 aromatic carbocycles. The molecule has 4 rings (SSSR count). The lowest BCUT2D eigenvalue weighted by Crippen LogP contribution is -2.49. The summed E-state index contributed by atoms with van der Waals surface area (Å²) < 4.78 is 0. The molecule has 0 bridgehead atoms. The lowest BCUT2D eigenvalue weighted by molar-refractivity contribution is -0.133. The van der Waals surface area contributed by atoms with E-state index >= 15 is 0 Å². The minimum absolute atomic E-state index is 0.126. The first kappa shape index (κ1) is 14.4. The number of nitrogens with zero attached hydrogens (tertiary/aromatic N) is 3. The number of aromatic nitrogens is 2. The average molecular weight is 320 g/mol. The lowest BCUT2D eigenvalue weighted by Gasteiger charge is -2.44. The minimum Gasteiger partial charge on any atom is -0.352 e. The van der Waals surface area contributed by atoms with Crippen LogP contribution in [0.1, 0.15) is 63.4 Å². The summed E-state index contributed by atoms with van der Waals surface area (Å²) in [6.45, 7) is 2.83. The van der Waals surface area contributed by atoms with Gasteiger partial charge < -0.3 is 4.90 Å². The van der Waals surface area contributed by atoms with Gasteiger partial charge in [0, 0.05) is 35.7 Å². The molecule has 2 fully saturated rings. The molecule has 1 aromatic rings. The molecule has 4 nitrogen and oxygen atoms in total. The number of fused-ring (bicyclic) bond motifs is 1. The van der Waals surface area contributed by atoms with Crippen molar-refractivity contribution < 1.29 is 4.79 Å². The summed E-state index contributed by atoms with van der Waals surface area (Å²) in [5.41, 5.74) is 0.805. The largest absolute Gasteiger partial charge is 0.352 e. The Hall–Kier alpha value is -1.16. The third-order valence-electron chi connectivity index (χ3n) is 5.97. The van der Waals surface area contributed by atoms with Crippen molar-refractivity contribution >= 4 is 23.2 Å². The highest BCUT2D eigenvalue weighted by molar-refractivity contribution is 6.28. The molecule has 1 aromatic heterocycles. The molecule has 1 unspecified atom stereocenters. The van der Waals surface area contributed by atoms with Crippen LogP contribution in [0.4, 0.5) is 5.82 Å². The maximum absolute atomic E-state index is 13.0. The Kier molecular flexibility index (Phi) is 3.40. The fraction of sp³-hybridized carbons (Fsp3) is 0.706. The molecule has 1 aliphatic heterocycles. The predicted molar refractivity (Wildman–Crippen MR) is 86.4 cm³/mol. The summed E-state index contributed by atoms with van der Waals surface area (Å²) in [6.07, 6.45) is 9.91. The summed E-state index contributed by atoms with van der Waals surface area (Å²) in [5, 5.41) is 0.283. The highest BCUT2D eigenvalue weighted by Crippen LogP contribution is 2.50. The van der Waals surface area contributed by atoms with E-state index in [0.29, 0.717) is 11.8 Å². The van der Waals surface area contributed by atoms with E-state index in [2.05, 4.69) is 14.9 Å². The van der Waals surface area contributed by atoms with Gasteiger partial charge in [-0.05, 0) is 37.3 Å². The Bertz CT molecular complexity index is 608. The zero-order valence-electron chi connectivity index (χ0n) is 13.0. The van der Waals surface area contributed by atoms with Crippen molar-refractivity contribution in [3.05, 3.63) is 17.0 Å². The molecule has 1 atom stereocenters. The summed E-state index contributed by atoms with van der Waals surface area (Å²) in [6, 6.07) is 0.500. The Labute approximate surface area is 136 Å². The molecule has 0 radical (unpaired) electrons. The summed E-state index contributed by atoms with van der Waals surface area (Å²) in [5.74, 6) is 1.17. The van der Waals surface area contributed by atoms with Crippen molar-refractivity contribution in [1.29, 1.82) is 0 Å². The third kappa shape index (κ3) is 2.07. The average Bonchev–Trinajstić information content (AvgIpc) is 2.96. The van der Waals surface area contributed by atoms with Gasteiger partial charge in [-0.2, -0.15) is 0 Å². The van der Waals surface area contributed by atoms with Gasteiger partial charge in [0.1, 0.15) is 11.6 Å². The highest BCUT2D eigenvalue weighted by Gasteiger charge is 2.50. The molecule has 0 amide bonds. The van der Waals surface area contributed by atoms with E-state index in [4.69, 9.17) is 11.6 Å². The summed E-state index contributed by atoms with van der Waals surface area (Å²) >= 11 is 6.07. The zero-order chi connectivity index (χ0) is 15.3. The first-order chi connectivity index (χ1) is 10.6. The number of carbonyl (C=O) groups is 1. The number of Topliss-reactive ketones (excluding diaryl/α,β-unsaturated/α-hetero) is 1. The van der Waals surface area contributed by atoms with Crippen LogP contribution in [0.2, 0.25) is 5.28 Å². The molecule has 5 heteroatoms. The van der Waals surface area contributed by atoms with Crippen LogP contribution in [0, 0.1) is 5.41 Å². The maximum Gasteiger partial charge on any atom is 0.224 e. The molecular weight excluding hydrogens is 298 g/mol. The maximum atomic E-state index is 13.0. The predicted octanol–water partition coefficient (Wildman–Crippen LogP) is 3.74. The topological polar surface area (TPSA) is 46.1 Å². The van der Waals surface area contributed by atoms with Crippen LogP contribution in [0.5, 0.6) is 0 Å². The Morgan fingerprint density at radius 2 is 2.00 bits per heavy atom. The Morgan fingerprint density at radius 1 is 1.27 bits per heavy atom. The summed E-state index contributed by atoms with van der Waals surface area (Å²) in [4.78, 5) is 24.1. The van der Waals surface area contributed by atoms with Gasteiger partial charge in [0.15, 0.2) is 0 Å². The van der Waals surface area contributed by atoms with Gasteiger partial charge >= 0.3 is 0 Å². The van der Waals surface area contributed by atoms with Gasteiger partial charge in [-0.1, -0.05) is 26.2 Å². The van der Waals surface area contributed by atoms with E-state index in [1.165, 1.54) is 32.1 Å². The molecule has 2 aliphatic carbocycles. The molecule has 22 heavy (non-hydrogen) atoms. The van der Waals surface area contributed by atoms with Crippen molar-refractivity contribution in [2.45, 2.75) is 63.8 Å². The van der Waals surface area contributed by atoms with Crippen LogP contribution < -0.4 is 4.90 Å². The van der Waals surface area contributed by atoms with Crippen LogP contribution in [-0.2, 0) is 4.79 Å². The van der Waals surface area contributed by atoms with Gasteiger partial charge in [-0.25, -0.2) is 9.97 Å². The standard InChI is InChI=1S/C17H22ClN3O/c1-11-13-9-19-16(18)20-15(13)21(12-5-2-3-6-12)10-17(14(11)22)7-4-8-17/h9,11-12H,2-8,10H2,1H3. The van der Waals surface area contributed by atoms with Crippen molar-refractivity contribution in [3.63, 3.8) is 0 Å². The van der Waals surface area contributed by atoms with E-state index in [1.54, 1.807) is 6.20 Å². The van der Waals surface area contributed by atoms with Crippen molar-refractivity contribution in [2.75, 3.05) is 11.4 Å².